The highest BCUT2D eigenvalue weighted by molar-refractivity contribution is 5.93. The number of amides is 3. The molecule has 2 saturated heterocycles. The molecule has 1 saturated carbocycles. The van der Waals surface area contributed by atoms with Gasteiger partial charge in [0.2, 0.25) is 17.7 Å². The Hall–Kier alpha value is -3.75. The molecule has 3 aliphatic rings. The Morgan fingerprint density at radius 2 is 1.47 bits per heavy atom. The molecule has 3 amide bonds. The van der Waals surface area contributed by atoms with Gasteiger partial charge >= 0.3 is 0 Å². The van der Waals surface area contributed by atoms with Crippen LogP contribution in [0, 0.1) is 11.8 Å². The van der Waals surface area contributed by atoms with Gasteiger partial charge in [-0.25, -0.2) is 0 Å². The van der Waals surface area contributed by atoms with E-state index in [4.69, 9.17) is 24.7 Å². The number of piperidine rings is 1. The van der Waals surface area contributed by atoms with Crippen LogP contribution >= 0.6 is 0 Å². The standard InChI is InChI=1S/C42H64N6O7/c1-31(44-2)41(50)46-39(34-6-4-3-5-7-34)42(51)48-22-18-33-17-21-47(30-38(33)48)20-16-32-8-14-37(15-9-32)55-29-28-54-27-26-53-25-24-52-23-19-45-36-12-10-35(11-13-36)40(43)49/h8-15,31,33-34,38-39,44-45H,3-7,16-30H2,1-2H3,(H2,43,49)(H,46,50)/t31-,33?,38?,39-/m0/s1. The van der Waals surface area contributed by atoms with Crippen molar-refractivity contribution in [2.24, 2.45) is 17.6 Å². The molecule has 5 N–H and O–H groups in total. The van der Waals surface area contributed by atoms with E-state index in [0.29, 0.717) is 64.3 Å². The van der Waals surface area contributed by atoms with Gasteiger partial charge < -0.3 is 50.4 Å². The molecule has 2 aliphatic heterocycles. The van der Waals surface area contributed by atoms with E-state index in [0.717, 1.165) is 82.6 Å². The first-order valence-corrected chi connectivity index (χ1v) is 20.4. The van der Waals surface area contributed by atoms with Gasteiger partial charge in [0.05, 0.1) is 45.7 Å². The number of ether oxygens (including phenoxy) is 4. The molecular weight excluding hydrogens is 700 g/mol. The fraction of sp³-hybridized carbons (Fsp3) is 0.643. The molecule has 2 heterocycles. The normalized spacial score (nSPS) is 20.1. The predicted octanol–water partition coefficient (Wildman–Crippen LogP) is 3.46. The van der Waals surface area contributed by atoms with E-state index < -0.39 is 11.9 Å². The van der Waals surface area contributed by atoms with E-state index in [2.05, 4.69) is 37.9 Å². The van der Waals surface area contributed by atoms with Gasteiger partial charge in [-0.1, -0.05) is 31.4 Å². The van der Waals surface area contributed by atoms with Gasteiger partial charge in [-0.15, -0.1) is 0 Å². The number of likely N-dealkylation sites (tertiary alicyclic amines) is 2. The molecule has 1 aliphatic carbocycles. The highest BCUT2D eigenvalue weighted by Crippen LogP contribution is 2.34. The Labute approximate surface area is 327 Å². The molecule has 2 aromatic carbocycles. The first kappa shape index (κ1) is 42.4. The number of rotatable bonds is 23. The summed E-state index contributed by atoms with van der Waals surface area (Å²) in [6.45, 7) is 9.64. The number of nitrogens with one attached hydrogen (secondary N) is 3. The largest absolute Gasteiger partial charge is 0.491 e. The number of hydrogen-bond donors (Lipinski definition) is 4. The third-order valence-electron chi connectivity index (χ3n) is 11.4. The van der Waals surface area contributed by atoms with Crippen molar-refractivity contribution in [3.8, 4) is 5.75 Å². The van der Waals surface area contributed by atoms with Crippen molar-refractivity contribution >= 4 is 23.4 Å². The second-order valence-electron chi connectivity index (χ2n) is 15.1. The lowest BCUT2D eigenvalue weighted by molar-refractivity contribution is -0.140. The zero-order valence-electron chi connectivity index (χ0n) is 33.0. The molecular formula is C42H64N6O7. The van der Waals surface area contributed by atoms with Gasteiger partial charge in [0, 0.05) is 43.5 Å². The van der Waals surface area contributed by atoms with Crippen LogP contribution in [0.4, 0.5) is 5.69 Å². The molecule has 13 nitrogen and oxygen atoms in total. The predicted molar refractivity (Wildman–Crippen MR) is 213 cm³/mol. The van der Waals surface area contributed by atoms with Crippen molar-refractivity contribution in [1.82, 2.24) is 20.4 Å². The topological polar surface area (TPSA) is 157 Å². The van der Waals surface area contributed by atoms with Crippen molar-refractivity contribution in [1.29, 1.82) is 0 Å². The summed E-state index contributed by atoms with van der Waals surface area (Å²) in [5.74, 6) is 1.17. The summed E-state index contributed by atoms with van der Waals surface area (Å²) in [7, 11) is 1.78. The fourth-order valence-electron chi connectivity index (χ4n) is 7.94. The number of nitrogens with two attached hydrogens (primary N) is 1. The minimum Gasteiger partial charge on any atom is -0.491 e. The Kier molecular flexibility index (Phi) is 17.5. The third kappa shape index (κ3) is 13.5. The molecule has 2 aromatic rings. The maximum Gasteiger partial charge on any atom is 0.248 e. The van der Waals surface area contributed by atoms with E-state index in [1.165, 1.54) is 12.0 Å². The molecule has 304 valence electrons. The summed E-state index contributed by atoms with van der Waals surface area (Å²) in [5, 5.41) is 9.43. The Morgan fingerprint density at radius 3 is 2.15 bits per heavy atom. The summed E-state index contributed by atoms with van der Waals surface area (Å²) in [5.41, 5.74) is 7.91. The van der Waals surface area contributed by atoms with E-state index in [1.807, 2.05) is 31.2 Å². The monoisotopic (exact) mass is 764 g/mol. The van der Waals surface area contributed by atoms with Gasteiger partial charge in [0.25, 0.3) is 0 Å². The average molecular weight is 765 g/mol. The molecule has 0 radical (unpaired) electrons. The number of anilines is 1. The number of nitrogens with zero attached hydrogens (tertiary/aromatic N) is 2. The second kappa shape index (κ2) is 22.7. The summed E-state index contributed by atoms with van der Waals surface area (Å²) >= 11 is 0. The molecule has 13 heteroatoms. The van der Waals surface area contributed by atoms with Crippen LogP contribution in [0.3, 0.4) is 0 Å². The molecule has 0 spiro atoms. The van der Waals surface area contributed by atoms with Crippen LogP contribution in [0.25, 0.3) is 0 Å². The molecule has 2 unspecified atom stereocenters. The van der Waals surface area contributed by atoms with Gasteiger partial charge in [-0.3, -0.25) is 14.4 Å². The average Bonchev–Trinajstić information content (AvgIpc) is 3.64. The van der Waals surface area contributed by atoms with Crippen molar-refractivity contribution < 1.29 is 33.3 Å². The van der Waals surface area contributed by atoms with Gasteiger partial charge in [0.15, 0.2) is 0 Å². The molecule has 3 fully saturated rings. The number of likely N-dealkylation sites (N-methyl/N-ethyl adjacent to an activating group) is 1. The Bertz CT molecular complexity index is 1460. The van der Waals surface area contributed by atoms with Crippen LogP contribution in [-0.2, 0) is 30.2 Å². The van der Waals surface area contributed by atoms with Gasteiger partial charge in [0.1, 0.15) is 18.4 Å². The lowest BCUT2D eigenvalue weighted by Crippen LogP contribution is -2.58. The Morgan fingerprint density at radius 1 is 0.818 bits per heavy atom. The third-order valence-corrected chi connectivity index (χ3v) is 11.4. The highest BCUT2D eigenvalue weighted by Gasteiger charge is 2.44. The Balaban J connectivity index is 0.919. The number of fused-ring (bicyclic) bond motifs is 1. The minimum atomic E-state index is -0.439. The molecule has 55 heavy (non-hydrogen) atoms. The maximum absolute atomic E-state index is 14.1. The smallest absolute Gasteiger partial charge is 0.248 e. The molecule has 0 bridgehead atoms. The SMILES string of the molecule is CN[C@@H](C)C(=O)N[C@H](C(=O)N1CCC2CCN(CCc3ccc(OCCOCCOCCOCCNc4ccc(C(N)=O)cc4)cc3)CC21)C1CCCCC1. The van der Waals surface area contributed by atoms with Crippen LogP contribution in [0.5, 0.6) is 5.75 Å². The number of carbonyl (C=O) groups is 3. The van der Waals surface area contributed by atoms with Crippen LogP contribution in [-0.4, -0.2) is 132 Å². The second-order valence-corrected chi connectivity index (χ2v) is 15.1. The van der Waals surface area contributed by atoms with Crippen molar-refractivity contribution in [2.45, 2.75) is 76.4 Å². The van der Waals surface area contributed by atoms with Crippen LogP contribution in [0.15, 0.2) is 48.5 Å². The fourth-order valence-corrected chi connectivity index (χ4v) is 7.94. The first-order chi connectivity index (χ1) is 26.8. The quantitative estimate of drug-likeness (QED) is 0.124. The molecule has 5 rings (SSSR count). The minimum absolute atomic E-state index is 0.0904. The maximum atomic E-state index is 14.1. The molecule has 4 atom stereocenters. The summed E-state index contributed by atoms with van der Waals surface area (Å²) in [6.07, 6.45) is 8.58. The van der Waals surface area contributed by atoms with Crippen molar-refractivity contribution in [3.05, 3.63) is 59.7 Å². The van der Waals surface area contributed by atoms with E-state index in [1.54, 1.807) is 19.2 Å². The van der Waals surface area contributed by atoms with Crippen LogP contribution in [0.1, 0.15) is 67.8 Å². The lowest BCUT2D eigenvalue weighted by atomic mass is 9.83. The summed E-state index contributed by atoms with van der Waals surface area (Å²) in [4.78, 5) is 42.9. The summed E-state index contributed by atoms with van der Waals surface area (Å²) < 4.78 is 22.7. The van der Waals surface area contributed by atoms with Gasteiger partial charge in [-0.2, -0.15) is 0 Å². The van der Waals surface area contributed by atoms with Crippen molar-refractivity contribution in [3.63, 3.8) is 0 Å². The van der Waals surface area contributed by atoms with Gasteiger partial charge in [-0.05, 0) is 106 Å². The van der Waals surface area contributed by atoms with E-state index in [9.17, 15) is 14.4 Å². The van der Waals surface area contributed by atoms with Crippen molar-refractivity contribution in [2.75, 3.05) is 91.3 Å². The number of hydrogen-bond acceptors (Lipinski definition) is 10. The van der Waals surface area contributed by atoms with Crippen LogP contribution < -0.4 is 26.4 Å². The zero-order chi connectivity index (χ0) is 38.8. The zero-order valence-corrected chi connectivity index (χ0v) is 33.0. The molecule has 0 aromatic heterocycles. The number of primary amides is 1. The lowest BCUT2D eigenvalue weighted by Gasteiger charge is -2.41. The van der Waals surface area contributed by atoms with E-state index in [-0.39, 0.29) is 29.8 Å². The number of benzene rings is 2. The van der Waals surface area contributed by atoms with Crippen LogP contribution in [0.2, 0.25) is 0 Å². The highest BCUT2D eigenvalue weighted by atomic mass is 16.6. The van der Waals surface area contributed by atoms with E-state index >= 15 is 0 Å². The number of carbonyl (C=O) groups excluding carboxylic acids is 3. The summed E-state index contributed by atoms with van der Waals surface area (Å²) in [6, 6.07) is 14.8. The first-order valence-electron chi connectivity index (χ1n) is 20.4.